The number of hydrogen-bond donors (Lipinski definition) is 1. The van der Waals surface area contributed by atoms with Gasteiger partial charge in [0.25, 0.3) is 0 Å². The van der Waals surface area contributed by atoms with Gasteiger partial charge in [-0.05, 0) is 30.4 Å². The van der Waals surface area contributed by atoms with Crippen LogP contribution in [0, 0.1) is 0 Å². The van der Waals surface area contributed by atoms with Gasteiger partial charge in [0.1, 0.15) is 5.75 Å². The summed E-state index contributed by atoms with van der Waals surface area (Å²) in [6, 6.07) is 9.45. The summed E-state index contributed by atoms with van der Waals surface area (Å²) in [5.41, 5.74) is 1.46. The summed E-state index contributed by atoms with van der Waals surface area (Å²) in [6.07, 6.45) is 0.840. The van der Waals surface area contributed by atoms with Crippen LogP contribution >= 0.6 is 0 Å². The highest BCUT2D eigenvalue weighted by Gasteiger charge is 2.11. The van der Waals surface area contributed by atoms with Crippen molar-refractivity contribution in [1.29, 1.82) is 0 Å². The Hall–Kier alpha value is -1.83. The van der Waals surface area contributed by atoms with Crippen LogP contribution in [0.3, 0.4) is 0 Å². The second-order valence-corrected chi connectivity index (χ2v) is 3.89. The Morgan fingerprint density at radius 3 is 2.62 bits per heavy atom. The van der Waals surface area contributed by atoms with Gasteiger partial charge in [0.2, 0.25) is 0 Å². The molecule has 0 aliphatic rings. The largest absolute Gasteiger partial charge is 0.507 e. The molecule has 0 aliphatic carbocycles. The molecule has 2 aromatic rings. The number of phenolic OH excluding ortho intramolecular Hbond substituents is 1. The summed E-state index contributed by atoms with van der Waals surface area (Å²) in [5.74, 6) is 0.00718. The van der Waals surface area contributed by atoms with Crippen molar-refractivity contribution in [3.63, 3.8) is 0 Å². The number of hydrogen-bond acceptors (Lipinski definition) is 2. The molecule has 2 nitrogen and oxygen atoms in total. The average molecular weight is 214 g/mol. The van der Waals surface area contributed by atoms with E-state index in [1.54, 1.807) is 6.07 Å². The van der Waals surface area contributed by atoms with Crippen LogP contribution < -0.4 is 0 Å². The van der Waals surface area contributed by atoms with Gasteiger partial charge in [-0.25, -0.2) is 0 Å². The molecule has 0 bridgehead atoms. The molecule has 0 unspecified atom stereocenters. The Bertz CT molecular complexity index is 556. The maximum atomic E-state index is 11.3. The minimum Gasteiger partial charge on any atom is -0.507 e. The minimum atomic E-state index is -0.106. The van der Waals surface area contributed by atoms with Gasteiger partial charge in [-0.3, -0.25) is 4.79 Å². The molecule has 1 N–H and O–H groups in total. The number of carbonyl (C=O) groups is 1. The number of benzene rings is 2. The van der Waals surface area contributed by atoms with Crippen LogP contribution in [-0.4, -0.2) is 10.9 Å². The number of carbonyl (C=O) groups excluding carboxylic acids is 1. The Labute approximate surface area is 94.5 Å². The standard InChI is InChI=1S/C14H14O2/c1-3-10-5-4-6-11-7-8-12(9(2)15)14(16)13(10)11/h4-8,16H,3H2,1-2H3. The summed E-state index contributed by atoms with van der Waals surface area (Å²) in [5, 5.41) is 11.9. The van der Waals surface area contributed by atoms with E-state index in [-0.39, 0.29) is 11.5 Å². The fraction of sp³-hybridized carbons (Fsp3) is 0.214. The number of phenols is 1. The van der Waals surface area contributed by atoms with Crippen LogP contribution in [0.15, 0.2) is 30.3 Å². The molecule has 0 saturated heterocycles. The van der Waals surface area contributed by atoms with Gasteiger partial charge < -0.3 is 5.11 Å². The topological polar surface area (TPSA) is 37.3 Å². The number of Topliss-reactive ketones (excluding diaryl/α,β-unsaturated/α-hetero) is 1. The molecule has 0 aromatic heterocycles. The molecule has 0 amide bonds. The summed E-state index contributed by atoms with van der Waals surface area (Å²) < 4.78 is 0. The van der Waals surface area contributed by atoms with E-state index in [1.807, 2.05) is 31.2 Å². The Morgan fingerprint density at radius 1 is 1.25 bits per heavy atom. The molecule has 0 saturated carbocycles. The monoisotopic (exact) mass is 214 g/mol. The van der Waals surface area contributed by atoms with Crippen LogP contribution in [0.1, 0.15) is 29.8 Å². The molecule has 0 fully saturated rings. The van der Waals surface area contributed by atoms with Crippen molar-refractivity contribution in [2.45, 2.75) is 20.3 Å². The van der Waals surface area contributed by atoms with Crippen molar-refractivity contribution < 1.29 is 9.90 Å². The van der Waals surface area contributed by atoms with E-state index in [1.165, 1.54) is 6.92 Å². The van der Waals surface area contributed by atoms with Gasteiger partial charge in [0, 0.05) is 5.39 Å². The highest BCUT2D eigenvalue weighted by molar-refractivity contribution is 6.04. The van der Waals surface area contributed by atoms with Crippen LogP contribution in [0.2, 0.25) is 0 Å². The van der Waals surface area contributed by atoms with E-state index in [2.05, 4.69) is 0 Å². The lowest BCUT2D eigenvalue weighted by Crippen LogP contribution is -1.94. The van der Waals surface area contributed by atoms with Gasteiger partial charge in [-0.2, -0.15) is 0 Å². The van der Waals surface area contributed by atoms with Crippen molar-refractivity contribution in [3.05, 3.63) is 41.5 Å². The molecule has 2 heteroatoms. The normalized spacial score (nSPS) is 10.6. The third-order valence-electron chi connectivity index (χ3n) is 2.86. The van der Waals surface area contributed by atoms with Crippen LogP contribution in [0.5, 0.6) is 5.75 Å². The van der Waals surface area contributed by atoms with Gasteiger partial charge in [-0.1, -0.05) is 31.2 Å². The number of rotatable bonds is 2. The van der Waals surface area contributed by atoms with Crippen molar-refractivity contribution in [2.75, 3.05) is 0 Å². The van der Waals surface area contributed by atoms with E-state index in [9.17, 15) is 9.90 Å². The fourth-order valence-electron chi connectivity index (χ4n) is 2.01. The van der Waals surface area contributed by atoms with Gasteiger partial charge in [0.15, 0.2) is 5.78 Å². The maximum absolute atomic E-state index is 11.3. The van der Waals surface area contributed by atoms with E-state index < -0.39 is 0 Å². The van der Waals surface area contributed by atoms with Gasteiger partial charge >= 0.3 is 0 Å². The molecule has 2 aromatic carbocycles. The first-order chi connectivity index (χ1) is 7.65. The first kappa shape index (κ1) is 10.7. The summed E-state index contributed by atoms with van der Waals surface area (Å²) in [6.45, 7) is 3.50. The van der Waals surface area contributed by atoms with Crippen molar-refractivity contribution in [1.82, 2.24) is 0 Å². The highest BCUT2D eigenvalue weighted by Crippen LogP contribution is 2.32. The summed E-state index contributed by atoms with van der Waals surface area (Å²) in [4.78, 5) is 11.3. The zero-order valence-corrected chi connectivity index (χ0v) is 9.45. The van der Waals surface area contributed by atoms with Crippen molar-refractivity contribution >= 4 is 16.6 Å². The summed E-state index contributed by atoms with van der Waals surface area (Å²) >= 11 is 0. The van der Waals surface area contributed by atoms with E-state index in [0.29, 0.717) is 5.56 Å². The quantitative estimate of drug-likeness (QED) is 0.779. The molecular formula is C14H14O2. The molecule has 0 aliphatic heterocycles. The molecule has 0 heterocycles. The minimum absolute atomic E-state index is 0.106. The second-order valence-electron chi connectivity index (χ2n) is 3.89. The van der Waals surface area contributed by atoms with E-state index in [0.717, 1.165) is 22.8 Å². The molecule has 0 atom stereocenters. The summed E-state index contributed by atoms with van der Waals surface area (Å²) in [7, 11) is 0. The zero-order chi connectivity index (χ0) is 11.7. The predicted octanol–water partition coefficient (Wildman–Crippen LogP) is 3.31. The molecule has 16 heavy (non-hydrogen) atoms. The highest BCUT2D eigenvalue weighted by atomic mass is 16.3. The smallest absolute Gasteiger partial charge is 0.163 e. The van der Waals surface area contributed by atoms with Crippen LogP contribution in [0.4, 0.5) is 0 Å². The lowest BCUT2D eigenvalue weighted by molar-refractivity contribution is 0.101. The Balaban J connectivity index is 2.86. The number of aromatic hydroxyl groups is 1. The van der Waals surface area contributed by atoms with Gasteiger partial charge in [-0.15, -0.1) is 0 Å². The van der Waals surface area contributed by atoms with Crippen LogP contribution in [0.25, 0.3) is 10.8 Å². The number of ketones is 1. The lowest BCUT2D eigenvalue weighted by atomic mass is 9.98. The first-order valence-electron chi connectivity index (χ1n) is 5.39. The third kappa shape index (κ3) is 1.56. The van der Waals surface area contributed by atoms with E-state index >= 15 is 0 Å². The molecule has 0 radical (unpaired) electrons. The fourth-order valence-corrected chi connectivity index (χ4v) is 2.01. The lowest BCUT2D eigenvalue weighted by Gasteiger charge is -2.09. The van der Waals surface area contributed by atoms with Gasteiger partial charge in [0.05, 0.1) is 5.56 Å². The van der Waals surface area contributed by atoms with E-state index in [4.69, 9.17) is 0 Å². The molecule has 82 valence electrons. The number of aryl methyl sites for hydroxylation is 1. The SMILES string of the molecule is CCc1cccc2ccc(C(C)=O)c(O)c12. The van der Waals surface area contributed by atoms with Crippen molar-refractivity contribution in [3.8, 4) is 5.75 Å². The number of fused-ring (bicyclic) bond motifs is 1. The van der Waals surface area contributed by atoms with Crippen LogP contribution in [-0.2, 0) is 6.42 Å². The zero-order valence-electron chi connectivity index (χ0n) is 9.45. The second kappa shape index (κ2) is 3.97. The predicted molar refractivity (Wildman–Crippen MR) is 65.0 cm³/mol. The molecular weight excluding hydrogens is 200 g/mol. The Morgan fingerprint density at radius 2 is 2.00 bits per heavy atom. The third-order valence-corrected chi connectivity index (χ3v) is 2.86. The first-order valence-corrected chi connectivity index (χ1v) is 5.39. The molecule has 0 spiro atoms. The van der Waals surface area contributed by atoms with Crippen molar-refractivity contribution in [2.24, 2.45) is 0 Å². The Kier molecular flexibility index (Phi) is 2.65. The molecule has 2 rings (SSSR count). The average Bonchev–Trinajstić information content (AvgIpc) is 2.28. The maximum Gasteiger partial charge on any atom is 0.163 e.